The van der Waals surface area contributed by atoms with Crippen molar-refractivity contribution in [3.05, 3.63) is 45.8 Å². The van der Waals surface area contributed by atoms with E-state index in [-0.39, 0.29) is 18.0 Å². The van der Waals surface area contributed by atoms with E-state index in [1.54, 1.807) is 22.4 Å². The molecule has 4 amide bonds. The Balaban J connectivity index is 1.00. The van der Waals surface area contributed by atoms with Crippen molar-refractivity contribution >= 4 is 46.0 Å². The van der Waals surface area contributed by atoms with Gasteiger partial charge in [-0.25, -0.2) is 9.59 Å². The summed E-state index contributed by atoms with van der Waals surface area (Å²) in [5.41, 5.74) is 3.83. The predicted molar refractivity (Wildman–Crippen MR) is 177 cm³/mol. The molecule has 12 nitrogen and oxygen atoms in total. The molecule has 6 heterocycles. The summed E-state index contributed by atoms with van der Waals surface area (Å²) in [5, 5.41) is 13.2. The first-order chi connectivity index (χ1) is 22.3. The zero-order valence-corrected chi connectivity index (χ0v) is 27.6. The summed E-state index contributed by atoms with van der Waals surface area (Å²) < 4.78 is 6.10. The summed E-state index contributed by atoms with van der Waals surface area (Å²) in [6, 6.07) is 6.53. The van der Waals surface area contributed by atoms with Crippen LogP contribution in [0.2, 0.25) is 0 Å². The minimum atomic E-state index is -0.922. The number of hydrogen-bond acceptors (Lipinski definition) is 8. The van der Waals surface area contributed by atoms with Gasteiger partial charge in [0.15, 0.2) is 6.10 Å². The molecular formula is C33H44N8O4S. The van der Waals surface area contributed by atoms with Crippen molar-refractivity contribution in [3.63, 3.8) is 0 Å². The first-order valence-electron chi connectivity index (χ1n) is 16.6. The Labute approximate surface area is 273 Å². The van der Waals surface area contributed by atoms with Crippen molar-refractivity contribution < 1.29 is 19.1 Å². The van der Waals surface area contributed by atoms with E-state index in [4.69, 9.17) is 4.74 Å². The zero-order chi connectivity index (χ0) is 31.8. The van der Waals surface area contributed by atoms with Gasteiger partial charge in [0.2, 0.25) is 0 Å². The largest absolute Gasteiger partial charge is 0.436 e. The third-order valence-electron chi connectivity index (χ3n) is 10.3. The van der Waals surface area contributed by atoms with Crippen LogP contribution in [0.5, 0.6) is 0 Å². The molecule has 0 saturated carbocycles. The van der Waals surface area contributed by atoms with Crippen LogP contribution in [-0.2, 0) is 22.5 Å². The molecule has 46 heavy (non-hydrogen) atoms. The summed E-state index contributed by atoms with van der Waals surface area (Å²) in [6.07, 6.45) is 4.34. The summed E-state index contributed by atoms with van der Waals surface area (Å²) in [7, 11) is 2.18. The van der Waals surface area contributed by atoms with Gasteiger partial charge < -0.3 is 29.7 Å². The normalized spacial score (nSPS) is 21.3. The second-order valence-electron chi connectivity index (χ2n) is 13.3. The predicted octanol–water partition coefficient (Wildman–Crippen LogP) is 3.73. The van der Waals surface area contributed by atoms with Gasteiger partial charge in [0.05, 0.1) is 23.9 Å². The SMILES string of the molecule is Cc1cc(C[C@@H](OC(=O)N2CCC(N3Cc4sccc4NC3=O)CC2)C(=O)N2CCN(C3CCN(C)CC3)CC2)cc2cn[nH]c12. The Morgan fingerprint density at radius 2 is 1.74 bits per heavy atom. The van der Waals surface area contributed by atoms with Crippen LogP contribution < -0.4 is 5.32 Å². The lowest BCUT2D eigenvalue weighted by Gasteiger charge is -2.43. The molecule has 13 heteroatoms. The Bertz CT molecular complexity index is 1570. The number of carbonyl (C=O) groups excluding carboxylic acids is 3. The molecule has 0 unspecified atom stereocenters. The van der Waals surface area contributed by atoms with E-state index in [0.29, 0.717) is 58.0 Å². The van der Waals surface area contributed by atoms with Gasteiger partial charge in [-0.15, -0.1) is 11.3 Å². The number of hydrogen-bond donors (Lipinski definition) is 2. The van der Waals surface area contributed by atoms with Crippen LogP contribution in [0.4, 0.5) is 15.3 Å². The number of fused-ring (bicyclic) bond motifs is 2. The van der Waals surface area contributed by atoms with Crippen LogP contribution in [0.25, 0.3) is 10.9 Å². The number of likely N-dealkylation sites (tertiary alicyclic amines) is 2. The van der Waals surface area contributed by atoms with Crippen LogP contribution in [-0.4, -0.2) is 130 Å². The van der Waals surface area contributed by atoms with Gasteiger partial charge in [-0.05, 0) is 81.4 Å². The van der Waals surface area contributed by atoms with Crippen molar-refractivity contribution in [3.8, 4) is 0 Å². The van der Waals surface area contributed by atoms with E-state index in [2.05, 4.69) is 32.4 Å². The molecule has 2 N–H and O–H groups in total. The minimum Gasteiger partial charge on any atom is -0.436 e. The first kappa shape index (κ1) is 30.9. The lowest BCUT2D eigenvalue weighted by Crippen LogP contribution is -2.56. The number of aryl methyl sites for hydroxylation is 1. The molecule has 3 fully saturated rings. The molecule has 2 aromatic heterocycles. The number of rotatable bonds is 6. The second-order valence-corrected chi connectivity index (χ2v) is 14.3. The molecule has 0 bridgehead atoms. The number of aromatic nitrogens is 2. The van der Waals surface area contributed by atoms with E-state index < -0.39 is 12.2 Å². The summed E-state index contributed by atoms with van der Waals surface area (Å²) >= 11 is 1.65. The van der Waals surface area contributed by atoms with Crippen LogP contribution in [0, 0.1) is 6.92 Å². The number of thiophene rings is 1. The molecule has 3 aromatic rings. The average Bonchev–Trinajstić information content (AvgIpc) is 3.74. The van der Waals surface area contributed by atoms with Gasteiger partial charge in [0.25, 0.3) is 5.91 Å². The van der Waals surface area contributed by atoms with Gasteiger partial charge in [-0.2, -0.15) is 5.10 Å². The fourth-order valence-corrected chi connectivity index (χ4v) is 8.36. The molecule has 4 aliphatic rings. The Hall–Kier alpha value is -3.68. The number of carbonyl (C=O) groups is 3. The number of nitrogens with one attached hydrogen (secondary N) is 2. The number of piperidine rings is 2. The maximum atomic E-state index is 14.1. The average molecular weight is 649 g/mol. The highest BCUT2D eigenvalue weighted by molar-refractivity contribution is 7.10. The van der Waals surface area contributed by atoms with E-state index in [1.807, 2.05) is 40.3 Å². The lowest BCUT2D eigenvalue weighted by molar-refractivity contribution is -0.143. The number of ether oxygens (including phenoxy) is 1. The van der Waals surface area contributed by atoms with Crippen LogP contribution in [0.15, 0.2) is 29.8 Å². The lowest BCUT2D eigenvalue weighted by atomic mass is 10.0. The molecule has 0 aliphatic carbocycles. The molecule has 0 radical (unpaired) electrons. The Morgan fingerprint density at radius 3 is 2.50 bits per heavy atom. The number of anilines is 1. The van der Waals surface area contributed by atoms with Gasteiger partial charge in [-0.3, -0.25) is 14.8 Å². The van der Waals surface area contributed by atoms with Crippen molar-refractivity contribution in [1.82, 2.24) is 34.7 Å². The second kappa shape index (κ2) is 13.2. The van der Waals surface area contributed by atoms with Crippen molar-refractivity contribution in [2.75, 3.05) is 64.7 Å². The number of urea groups is 1. The maximum absolute atomic E-state index is 14.1. The summed E-state index contributed by atoms with van der Waals surface area (Å²) in [5.74, 6) is -0.132. The number of piperazine rings is 1. The third-order valence-corrected chi connectivity index (χ3v) is 11.2. The molecule has 1 atom stereocenters. The fraction of sp³-hybridized carbons (Fsp3) is 0.576. The highest BCUT2D eigenvalue weighted by Gasteiger charge is 2.37. The number of nitrogens with zero attached hydrogens (tertiary/aromatic N) is 6. The standard InChI is InChI=1S/C33H44N8O4S/c1-22-17-23(18-24-20-34-36-30(22)24)19-28(31(42)39-14-12-38(13-15-39)25-3-8-37(2)9-4-25)45-33(44)40-10-5-26(6-11-40)41-21-29-27(7-16-46-29)35-32(41)43/h7,16-18,20,25-26,28H,3-6,8-15,19,21H2,1-2H3,(H,34,36)(H,35,43)/t28-/m1/s1. The van der Waals surface area contributed by atoms with Crippen molar-refractivity contribution in [1.29, 1.82) is 0 Å². The number of aromatic amines is 1. The number of benzene rings is 1. The van der Waals surface area contributed by atoms with Gasteiger partial charge in [0, 0.05) is 68.0 Å². The quantitative estimate of drug-likeness (QED) is 0.419. The van der Waals surface area contributed by atoms with Gasteiger partial charge >= 0.3 is 12.1 Å². The zero-order valence-electron chi connectivity index (χ0n) is 26.7. The van der Waals surface area contributed by atoms with Crippen LogP contribution >= 0.6 is 11.3 Å². The number of amides is 4. The van der Waals surface area contributed by atoms with E-state index in [1.165, 1.54) is 0 Å². The third kappa shape index (κ3) is 6.45. The Kier molecular flexibility index (Phi) is 8.88. The van der Waals surface area contributed by atoms with E-state index in [9.17, 15) is 14.4 Å². The van der Waals surface area contributed by atoms with E-state index in [0.717, 1.165) is 71.6 Å². The molecule has 1 aromatic carbocycles. The van der Waals surface area contributed by atoms with Gasteiger partial charge in [0.1, 0.15) is 0 Å². The highest BCUT2D eigenvalue weighted by atomic mass is 32.1. The Morgan fingerprint density at radius 1 is 1.00 bits per heavy atom. The van der Waals surface area contributed by atoms with Crippen LogP contribution in [0.1, 0.15) is 41.7 Å². The van der Waals surface area contributed by atoms with Crippen LogP contribution in [0.3, 0.4) is 0 Å². The smallest absolute Gasteiger partial charge is 0.410 e. The summed E-state index contributed by atoms with van der Waals surface area (Å²) in [4.78, 5) is 52.0. The molecule has 0 spiro atoms. The van der Waals surface area contributed by atoms with Gasteiger partial charge in [-0.1, -0.05) is 6.07 Å². The topological polar surface area (TPSA) is 117 Å². The number of H-pyrrole nitrogens is 1. The van der Waals surface area contributed by atoms with Crippen molar-refractivity contribution in [2.45, 2.75) is 63.8 Å². The monoisotopic (exact) mass is 648 g/mol. The molecule has 246 valence electrons. The molecule has 3 saturated heterocycles. The molecule has 4 aliphatic heterocycles. The molecular weight excluding hydrogens is 604 g/mol. The maximum Gasteiger partial charge on any atom is 0.410 e. The van der Waals surface area contributed by atoms with E-state index >= 15 is 0 Å². The molecule has 7 rings (SSSR count). The van der Waals surface area contributed by atoms with Crippen molar-refractivity contribution in [2.24, 2.45) is 0 Å². The first-order valence-corrected chi connectivity index (χ1v) is 17.4. The fourth-order valence-electron chi connectivity index (χ4n) is 7.53. The summed E-state index contributed by atoms with van der Waals surface area (Å²) in [6.45, 7) is 8.72. The minimum absolute atomic E-state index is 0.0438. The highest BCUT2D eigenvalue weighted by Crippen LogP contribution is 2.31.